The molecule has 0 spiro atoms. The fourth-order valence-electron chi connectivity index (χ4n) is 0.492. The molecule has 0 aliphatic heterocycles. The fourth-order valence-corrected chi connectivity index (χ4v) is 1.26. The van der Waals surface area contributed by atoms with Gasteiger partial charge in [0.25, 0.3) is 0 Å². The SMILES string of the molecule is CS(=O)(=O)c1ncc(I)cn1. The first-order chi connectivity index (χ1) is 5.00. The Labute approximate surface area is 78.1 Å². The molecule has 0 fully saturated rings. The van der Waals surface area contributed by atoms with Crippen LogP contribution in [0.5, 0.6) is 0 Å². The van der Waals surface area contributed by atoms with E-state index in [-0.39, 0.29) is 5.16 Å². The molecule has 0 amide bonds. The van der Waals surface area contributed by atoms with E-state index in [1.807, 2.05) is 22.6 Å². The number of halogens is 1. The van der Waals surface area contributed by atoms with E-state index in [0.717, 1.165) is 9.83 Å². The third kappa shape index (κ3) is 2.37. The van der Waals surface area contributed by atoms with Gasteiger partial charge in [0.05, 0.1) is 0 Å². The predicted octanol–water partition coefficient (Wildman–Crippen LogP) is 0.485. The molecule has 0 unspecified atom stereocenters. The zero-order chi connectivity index (χ0) is 8.48. The van der Waals surface area contributed by atoms with Gasteiger partial charge >= 0.3 is 0 Å². The first kappa shape index (κ1) is 8.85. The Morgan fingerprint density at radius 2 is 1.82 bits per heavy atom. The Balaban J connectivity index is 3.20. The summed E-state index contributed by atoms with van der Waals surface area (Å²) in [5, 5.41) is -0.127. The van der Waals surface area contributed by atoms with Crippen molar-refractivity contribution in [1.29, 1.82) is 0 Å². The van der Waals surface area contributed by atoms with E-state index in [0.29, 0.717) is 0 Å². The number of rotatable bonds is 1. The van der Waals surface area contributed by atoms with Gasteiger partial charge in [0.1, 0.15) is 0 Å². The van der Waals surface area contributed by atoms with Gasteiger partial charge in [-0.3, -0.25) is 0 Å². The summed E-state index contributed by atoms with van der Waals surface area (Å²) in [6.07, 6.45) is 4.00. The van der Waals surface area contributed by atoms with Crippen molar-refractivity contribution >= 4 is 32.4 Å². The van der Waals surface area contributed by atoms with Crippen LogP contribution in [0.2, 0.25) is 0 Å². The van der Waals surface area contributed by atoms with E-state index in [9.17, 15) is 8.42 Å². The molecule has 0 aromatic carbocycles. The number of hydrogen-bond donors (Lipinski definition) is 0. The van der Waals surface area contributed by atoms with E-state index in [4.69, 9.17) is 0 Å². The standard InChI is InChI=1S/C5H5IN2O2S/c1-11(9,10)5-7-2-4(6)3-8-5/h2-3H,1H3. The minimum absolute atomic E-state index is 0.127. The largest absolute Gasteiger partial charge is 0.246 e. The number of sulfone groups is 1. The molecule has 0 bridgehead atoms. The molecule has 6 heteroatoms. The maximum absolute atomic E-state index is 10.8. The Hall–Kier alpha value is -0.240. The molecular weight excluding hydrogens is 279 g/mol. The van der Waals surface area contributed by atoms with Gasteiger partial charge in [-0.05, 0) is 22.6 Å². The maximum atomic E-state index is 10.8. The topological polar surface area (TPSA) is 59.9 Å². The third-order valence-electron chi connectivity index (χ3n) is 0.928. The molecule has 1 rings (SSSR count). The van der Waals surface area contributed by atoms with Gasteiger partial charge < -0.3 is 0 Å². The van der Waals surface area contributed by atoms with Crippen LogP contribution in [0.15, 0.2) is 17.6 Å². The first-order valence-corrected chi connectivity index (χ1v) is 5.65. The van der Waals surface area contributed by atoms with Gasteiger partial charge in [0, 0.05) is 22.2 Å². The lowest BCUT2D eigenvalue weighted by Gasteiger charge is -1.93. The third-order valence-corrected chi connectivity index (χ3v) is 2.36. The Kier molecular flexibility index (Phi) is 2.43. The predicted molar refractivity (Wildman–Crippen MR) is 47.9 cm³/mol. The molecule has 1 aromatic heterocycles. The van der Waals surface area contributed by atoms with Gasteiger partial charge in [0.2, 0.25) is 15.0 Å². The Bertz CT molecular complexity index is 345. The van der Waals surface area contributed by atoms with Gasteiger partial charge in [-0.2, -0.15) is 0 Å². The summed E-state index contributed by atoms with van der Waals surface area (Å²) in [6.45, 7) is 0. The molecule has 0 atom stereocenters. The summed E-state index contributed by atoms with van der Waals surface area (Å²) < 4.78 is 22.4. The van der Waals surface area contributed by atoms with Crippen molar-refractivity contribution in [2.24, 2.45) is 0 Å². The molecule has 60 valence electrons. The maximum Gasteiger partial charge on any atom is 0.246 e. The lowest BCUT2D eigenvalue weighted by Crippen LogP contribution is -2.03. The summed E-state index contributed by atoms with van der Waals surface area (Å²) in [4.78, 5) is 7.29. The van der Waals surface area contributed by atoms with Crippen molar-refractivity contribution < 1.29 is 8.42 Å². The highest BCUT2D eigenvalue weighted by molar-refractivity contribution is 14.1. The first-order valence-electron chi connectivity index (χ1n) is 2.68. The van der Waals surface area contributed by atoms with Crippen molar-refractivity contribution in [2.75, 3.05) is 6.26 Å². The molecule has 0 saturated carbocycles. The molecule has 1 heterocycles. The Morgan fingerprint density at radius 1 is 1.36 bits per heavy atom. The molecule has 0 saturated heterocycles. The van der Waals surface area contributed by atoms with Crippen molar-refractivity contribution in [3.8, 4) is 0 Å². The second kappa shape index (κ2) is 3.02. The quantitative estimate of drug-likeness (QED) is 0.556. The minimum Gasteiger partial charge on any atom is -0.226 e. The lowest BCUT2D eigenvalue weighted by atomic mass is 10.7. The van der Waals surface area contributed by atoms with Crippen LogP contribution in [0.25, 0.3) is 0 Å². The minimum atomic E-state index is -3.25. The number of hydrogen-bond acceptors (Lipinski definition) is 4. The van der Waals surface area contributed by atoms with Crippen molar-refractivity contribution in [3.63, 3.8) is 0 Å². The second-order valence-electron chi connectivity index (χ2n) is 1.96. The molecule has 1 aromatic rings. The molecule has 4 nitrogen and oxygen atoms in total. The van der Waals surface area contributed by atoms with Crippen LogP contribution in [0.3, 0.4) is 0 Å². The monoisotopic (exact) mass is 284 g/mol. The van der Waals surface area contributed by atoms with E-state index in [2.05, 4.69) is 9.97 Å². The molecular formula is C5H5IN2O2S. The zero-order valence-electron chi connectivity index (χ0n) is 5.65. The lowest BCUT2D eigenvalue weighted by molar-refractivity contribution is 0.592. The highest BCUT2D eigenvalue weighted by Gasteiger charge is 2.08. The average molecular weight is 284 g/mol. The van der Waals surface area contributed by atoms with Crippen LogP contribution in [0.1, 0.15) is 0 Å². The van der Waals surface area contributed by atoms with E-state index in [1.165, 1.54) is 12.4 Å². The average Bonchev–Trinajstić information content (AvgIpc) is 1.86. The van der Waals surface area contributed by atoms with Crippen LogP contribution in [0.4, 0.5) is 0 Å². The molecule has 0 aliphatic rings. The van der Waals surface area contributed by atoms with Crippen molar-refractivity contribution in [2.45, 2.75) is 5.16 Å². The van der Waals surface area contributed by atoms with Crippen LogP contribution in [-0.4, -0.2) is 24.6 Å². The molecule has 0 N–H and O–H groups in total. The molecule has 0 aliphatic carbocycles. The zero-order valence-corrected chi connectivity index (χ0v) is 8.63. The smallest absolute Gasteiger partial charge is 0.226 e. The summed E-state index contributed by atoms with van der Waals surface area (Å²) in [5.41, 5.74) is 0. The van der Waals surface area contributed by atoms with Gasteiger partial charge in [0.15, 0.2) is 0 Å². The highest BCUT2D eigenvalue weighted by Crippen LogP contribution is 2.03. The van der Waals surface area contributed by atoms with E-state index in [1.54, 1.807) is 0 Å². The van der Waals surface area contributed by atoms with Gasteiger partial charge in [-0.15, -0.1) is 0 Å². The van der Waals surface area contributed by atoms with Gasteiger partial charge in [-0.1, -0.05) is 0 Å². The van der Waals surface area contributed by atoms with Crippen molar-refractivity contribution in [1.82, 2.24) is 9.97 Å². The Morgan fingerprint density at radius 3 is 2.18 bits per heavy atom. The van der Waals surface area contributed by atoms with E-state index >= 15 is 0 Å². The number of aromatic nitrogens is 2. The number of nitrogens with zero attached hydrogens (tertiary/aromatic N) is 2. The molecule has 0 radical (unpaired) electrons. The van der Waals surface area contributed by atoms with Gasteiger partial charge in [-0.25, -0.2) is 18.4 Å². The summed E-state index contributed by atoms with van der Waals surface area (Å²) in [7, 11) is -3.25. The molecule has 11 heavy (non-hydrogen) atoms. The van der Waals surface area contributed by atoms with Crippen LogP contribution < -0.4 is 0 Å². The summed E-state index contributed by atoms with van der Waals surface area (Å²) in [5.74, 6) is 0. The normalized spacial score (nSPS) is 11.5. The summed E-state index contributed by atoms with van der Waals surface area (Å²) in [6, 6.07) is 0. The highest BCUT2D eigenvalue weighted by atomic mass is 127. The van der Waals surface area contributed by atoms with Crippen molar-refractivity contribution in [3.05, 3.63) is 16.0 Å². The van der Waals surface area contributed by atoms with Crippen LogP contribution >= 0.6 is 22.6 Å². The van der Waals surface area contributed by atoms with Crippen LogP contribution in [0, 0.1) is 3.57 Å². The second-order valence-corrected chi connectivity index (χ2v) is 5.11. The van der Waals surface area contributed by atoms with E-state index < -0.39 is 9.84 Å². The summed E-state index contributed by atoms with van der Waals surface area (Å²) >= 11 is 2.00. The van der Waals surface area contributed by atoms with Crippen LogP contribution in [-0.2, 0) is 9.84 Å². The fraction of sp³-hybridized carbons (Fsp3) is 0.200.